The summed E-state index contributed by atoms with van der Waals surface area (Å²) < 4.78 is 7.62. The average Bonchev–Trinajstić information content (AvgIpc) is 3.10. The molecule has 30 heavy (non-hydrogen) atoms. The van der Waals surface area contributed by atoms with Crippen LogP contribution in [0.25, 0.3) is 11.0 Å². The van der Waals surface area contributed by atoms with Gasteiger partial charge in [0.15, 0.2) is 0 Å². The van der Waals surface area contributed by atoms with Crippen LogP contribution in [0, 0.1) is 17.8 Å². The van der Waals surface area contributed by atoms with Crippen LogP contribution in [0.15, 0.2) is 24.4 Å². The Labute approximate surface area is 178 Å². The van der Waals surface area contributed by atoms with Crippen molar-refractivity contribution in [1.29, 1.82) is 0 Å². The average molecular weight is 409 g/mol. The topological polar surface area (TPSA) is 59.4 Å². The van der Waals surface area contributed by atoms with E-state index in [4.69, 9.17) is 4.74 Å². The normalized spacial score (nSPS) is 33.3. The van der Waals surface area contributed by atoms with E-state index in [1.807, 2.05) is 18.3 Å². The number of aromatic nitrogens is 2. The second-order valence-electron chi connectivity index (χ2n) is 10.2. The molecule has 0 aromatic carbocycles. The molecule has 2 aromatic rings. The van der Waals surface area contributed by atoms with Crippen molar-refractivity contribution in [3.05, 3.63) is 30.1 Å². The van der Waals surface area contributed by atoms with E-state index >= 15 is 0 Å². The number of carbonyl (C=O) groups excluding carboxylic acids is 1. The van der Waals surface area contributed by atoms with Crippen molar-refractivity contribution in [3.63, 3.8) is 0 Å². The molecular weight excluding hydrogens is 376 g/mol. The molecule has 0 atom stereocenters. The predicted octanol–water partition coefficient (Wildman–Crippen LogP) is 3.07. The number of ether oxygens (including phenoxy) is 1. The second-order valence-corrected chi connectivity index (χ2v) is 10.2. The number of nitrogens with zero attached hydrogens (tertiary/aromatic N) is 3. The maximum atomic E-state index is 13.6. The Balaban J connectivity index is 1.26. The van der Waals surface area contributed by atoms with Crippen LogP contribution in [-0.2, 0) is 11.3 Å². The molecule has 1 saturated heterocycles. The maximum Gasteiger partial charge on any atom is 0.268 e. The van der Waals surface area contributed by atoms with Gasteiger partial charge in [-0.15, -0.1) is 0 Å². The van der Waals surface area contributed by atoms with Gasteiger partial charge in [-0.3, -0.25) is 9.69 Å². The van der Waals surface area contributed by atoms with Crippen LogP contribution < -0.4 is 5.32 Å². The summed E-state index contributed by atoms with van der Waals surface area (Å²) in [7, 11) is 0. The number of nitrogens with one attached hydrogen (secondary N) is 1. The maximum absolute atomic E-state index is 13.6. The monoisotopic (exact) mass is 408 g/mol. The molecule has 6 nitrogen and oxygen atoms in total. The fraction of sp³-hybridized carbons (Fsp3) is 0.667. The van der Waals surface area contributed by atoms with Gasteiger partial charge in [0.2, 0.25) is 0 Å². The highest BCUT2D eigenvalue weighted by atomic mass is 16.5. The fourth-order valence-electron chi connectivity index (χ4n) is 7.14. The summed E-state index contributed by atoms with van der Waals surface area (Å²) in [6.45, 7) is 5.21. The quantitative estimate of drug-likeness (QED) is 0.826. The highest BCUT2D eigenvalue weighted by Crippen LogP contribution is 2.55. The van der Waals surface area contributed by atoms with Crippen molar-refractivity contribution in [2.24, 2.45) is 17.8 Å². The van der Waals surface area contributed by atoms with Crippen LogP contribution in [0.1, 0.15) is 49.0 Å². The molecule has 1 N–H and O–H groups in total. The summed E-state index contributed by atoms with van der Waals surface area (Å²) in [6.07, 6.45) is 9.52. The van der Waals surface area contributed by atoms with Gasteiger partial charge in [0.1, 0.15) is 11.3 Å². The summed E-state index contributed by atoms with van der Waals surface area (Å²) in [5, 5.41) is 4.61. The summed E-state index contributed by atoms with van der Waals surface area (Å²) >= 11 is 0. The van der Waals surface area contributed by atoms with Crippen LogP contribution in [0.4, 0.5) is 0 Å². The van der Waals surface area contributed by atoms with Gasteiger partial charge in [-0.05, 0) is 74.5 Å². The molecule has 160 valence electrons. The largest absolute Gasteiger partial charge is 0.379 e. The van der Waals surface area contributed by atoms with Gasteiger partial charge < -0.3 is 14.6 Å². The zero-order valence-corrected chi connectivity index (χ0v) is 17.7. The van der Waals surface area contributed by atoms with Gasteiger partial charge in [0.25, 0.3) is 5.91 Å². The van der Waals surface area contributed by atoms with Crippen LogP contribution >= 0.6 is 0 Å². The SMILES string of the molecule is O=C(NC12CC3CC(CC(C3)C1)C2)c1cc2cccnc2n1CCN1CCOCC1. The Bertz CT molecular complexity index is 911. The summed E-state index contributed by atoms with van der Waals surface area (Å²) in [4.78, 5) is 20.6. The Morgan fingerprint density at radius 1 is 1.10 bits per heavy atom. The number of hydrogen-bond acceptors (Lipinski definition) is 4. The number of carbonyl (C=O) groups is 1. The van der Waals surface area contributed by atoms with E-state index in [2.05, 4.69) is 25.8 Å². The van der Waals surface area contributed by atoms with Gasteiger partial charge in [0.05, 0.1) is 13.2 Å². The summed E-state index contributed by atoms with van der Waals surface area (Å²) in [5.41, 5.74) is 1.72. The Morgan fingerprint density at radius 3 is 2.50 bits per heavy atom. The lowest BCUT2D eigenvalue weighted by molar-refractivity contribution is -0.0168. The molecule has 5 aliphatic rings. The molecule has 3 heterocycles. The third-order valence-electron chi connectivity index (χ3n) is 8.05. The van der Waals surface area contributed by atoms with Gasteiger partial charge in [-0.25, -0.2) is 4.98 Å². The Morgan fingerprint density at radius 2 is 1.80 bits per heavy atom. The molecule has 2 aromatic heterocycles. The minimum Gasteiger partial charge on any atom is -0.379 e. The number of hydrogen-bond donors (Lipinski definition) is 1. The minimum absolute atomic E-state index is 0.0325. The van der Waals surface area contributed by atoms with Crippen LogP contribution in [-0.4, -0.2) is 58.7 Å². The van der Waals surface area contributed by atoms with Crippen molar-refractivity contribution >= 4 is 16.9 Å². The van der Waals surface area contributed by atoms with E-state index in [1.54, 1.807) is 0 Å². The highest BCUT2D eigenvalue weighted by Gasteiger charge is 2.51. The minimum atomic E-state index is 0.0325. The predicted molar refractivity (Wildman–Crippen MR) is 115 cm³/mol. The number of rotatable bonds is 5. The standard InChI is InChI=1S/C24H32N4O2/c29-23(26-24-14-17-10-18(15-24)12-19(11-17)16-24)21-13-20-2-1-3-25-22(20)28(21)5-4-27-6-8-30-9-7-27/h1-3,13,17-19H,4-12,14-16H2,(H,26,29). The van der Waals surface area contributed by atoms with Gasteiger partial charge in [0, 0.05) is 43.3 Å². The van der Waals surface area contributed by atoms with E-state index in [0.29, 0.717) is 0 Å². The van der Waals surface area contributed by atoms with Crippen molar-refractivity contribution in [3.8, 4) is 0 Å². The molecule has 1 amide bonds. The Kier molecular flexibility index (Phi) is 4.61. The number of amides is 1. The molecule has 0 spiro atoms. The van der Waals surface area contributed by atoms with E-state index in [0.717, 1.165) is 73.9 Å². The fourth-order valence-corrected chi connectivity index (χ4v) is 7.14. The molecule has 6 heteroatoms. The lowest BCUT2D eigenvalue weighted by Crippen LogP contribution is -2.60. The number of fused-ring (bicyclic) bond motifs is 1. The lowest BCUT2D eigenvalue weighted by atomic mass is 9.53. The van der Waals surface area contributed by atoms with E-state index in [9.17, 15) is 4.79 Å². The number of morpholine rings is 1. The number of pyridine rings is 1. The first-order valence-electron chi connectivity index (χ1n) is 11.7. The van der Waals surface area contributed by atoms with Crippen LogP contribution in [0.3, 0.4) is 0 Å². The molecular formula is C24H32N4O2. The molecule has 5 fully saturated rings. The van der Waals surface area contributed by atoms with Crippen molar-refractivity contribution in [2.45, 2.75) is 50.6 Å². The van der Waals surface area contributed by atoms with E-state index in [-0.39, 0.29) is 11.4 Å². The molecule has 4 saturated carbocycles. The van der Waals surface area contributed by atoms with Crippen LogP contribution in [0.5, 0.6) is 0 Å². The Hall–Kier alpha value is -1.92. The first-order chi connectivity index (χ1) is 14.7. The van der Waals surface area contributed by atoms with Crippen molar-refractivity contribution in [2.75, 3.05) is 32.8 Å². The zero-order valence-electron chi connectivity index (χ0n) is 17.7. The molecule has 4 aliphatic carbocycles. The molecule has 4 bridgehead atoms. The first kappa shape index (κ1) is 18.8. The highest BCUT2D eigenvalue weighted by molar-refractivity contribution is 5.98. The molecule has 0 unspecified atom stereocenters. The molecule has 7 rings (SSSR count). The lowest BCUT2D eigenvalue weighted by Gasteiger charge is -2.56. The van der Waals surface area contributed by atoms with Crippen LogP contribution in [0.2, 0.25) is 0 Å². The van der Waals surface area contributed by atoms with E-state index < -0.39 is 0 Å². The third-order valence-corrected chi connectivity index (χ3v) is 8.05. The van der Waals surface area contributed by atoms with E-state index in [1.165, 1.54) is 38.5 Å². The summed E-state index contributed by atoms with van der Waals surface area (Å²) in [5.74, 6) is 2.57. The third kappa shape index (κ3) is 3.34. The second kappa shape index (κ2) is 7.34. The first-order valence-corrected chi connectivity index (χ1v) is 11.7. The van der Waals surface area contributed by atoms with Gasteiger partial charge >= 0.3 is 0 Å². The molecule has 1 aliphatic heterocycles. The van der Waals surface area contributed by atoms with Crippen molar-refractivity contribution in [1.82, 2.24) is 19.8 Å². The van der Waals surface area contributed by atoms with Gasteiger partial charge in [-0.1, -0.05) is 0 Å². The van der Waals surface area contributed by atoms with Gasteiger partial charge in [-0.2, -0.15) is 0 Å². The smallest absolute Gasteiger partial charge is 0.268 e. The summed E-state index contributed by atoms with van der Waals surface area (Å²) in [6, 6.07) is 6.06. The molecule has 0 radical (unpaired) electrons. The zero-order chi connectivity index (χ0) is 20.1. The van der Waals surface area contributed by atoms with Crippen molar-refractivity contribution < 1.29 is 9.53 Å².